The van der Waals surface area contributed by atoms with E-state index in [2.05, 4.69) is 32.7 Å². The Hall–Kier alpha value is -4.17. The first kappa shape index (κ1) is 23.0. The fraction of sp³-hybridized carbons (Fsp3) is 0.207. The third-order valence-electron chi connectivity index (χ3n) is 7.26. The molecule has 0 spiro atoms. The Kier molecular flexibility index (Phi) is 5.26. The zero-order valence-corrected chi connectivity index (χ0v) is 21.2. The summed E-state index contributed by atoms with van der Waals surface area (Å²) in [5.41, 5.74) is 8.33. The number of aromatic amines is 1. The molecule has 3 aromatic heterocycles. The number of halogens is 2. The lowest BCUT2D eigenvalue weighted by Crippen LogP contribution is -2.02. The van der Waals surface area contributed by atoms with Crippen molar-refractivity contribution >= 4 is 28.4 Å². The number of hydrogen-bond acceptors (Lipinski definition) is 5. The Bertz CT molecular complexity index is 1830. The topological polar surface area (TPSA) is 85.4 Å². The Labute approximate surface area is 221 Å². The van der Waals surface area contributed by atoms with Gasteiger partial charge in [-0.2, -0.15) is 0 Å². The number of nitrogens with zero attached hydrogens (tertiary/aromatic N) is 3. The number of aromatic nitrogens is 4. The van der Waals surface area contributed by atoms with E-state index in [1.807, 2.05) is 25.3 Å². The standard InChI is InChI=1S/C29H22ClFN4O3/c1-15(28-33-29(36)38-34-28)26-21-6-2-16(10-18(21)14-37-24-13-20(31)5-7-22(24)26)11-23-27(17-3-4-17)32-25-12-19(30)8-9-35(23)25/h2,5-10,12-13,17H,3-4,11,14H2,1H3,(H,33,34,36). The SMILES string of the molecule is CC(=C1c2ccc(Cc3c(C4CC4)nc4cc(Cl)ccn34)cc2COc2cc(F)ccc21)c1noc(=O)[nH]1. The summed E-state index contributed by atoms with van der Waals surface area (Å²) in [4.78, 5) is 19.2. The zero-order valence-electron chi connectivity index (χ0n) is 20.4. The van der Waals surface area contributed by atoms with E-state index in [9.17, 15) is 9.18 Å². The highest BCUT2D eigenvalue weighted by molar-refractivity contribution is 6.30. The van der Waals surface area contributed by atoms with E-state index >= 15 is 0 Å². The molecule has 5 aromatic rings. The molecule has 1 aliphatic carbocycles. The maximum Gasteiger partial charge on any atom is 0.439 e. The van der Waals surface area contributed by atoms with Crippen LogP contribution < -0.4 is 10.5 Å². The summed E-state index contributed by atoms with van der Waals surface area (Å²) in [6.07, 6.45) is 4.97. The predicted octanol–water partition coefficient (Wildman–Crippen LogP) is 6.14. The van der Waals surface area contributed by atoms with Crippen molar-refractivity contribution in [3.8, 4) is 5.75 Å². The monoisotopic (exact) mass is 528 g/mol. The molecule has 38 heavy (non-hydrogen) atoms. The number of rotatable bonds is 4. The Balaban J connectivity index is 1.36. The smallest absolute Gasteiger partial charge is 0.439 e. The fourth-order valence-electron chi connectivity index (χ4n) is 5.30. The van der Waals surface area contributed by atoms with Crippen LogP contribution in [0.4, 0.5) is 4.39 Å². The van der Waals surface area contributed by atoms with Crippen LogP contribution in [0.5, 0.6) is 5.75 Å². The minimum Gasteiger partial charge on any atom is -0.488 e. The highest BCUT2D eigenvalue weighted by atomic mass is 35.5. The second-order valence-corrected chi connectivity index (χ2v) is 10.3. The van der Waals surface area contributed by atoms with Crippen LogP contribution >= 0.6 is 11.6 Å². The molecule has 2 aromatic carbocycles. The van der Waals surface area contributed by atoms with Crippen molar-refractivity contribution in [3.05, 3.63) is 116 Å². The van der Waals surface area contributed by atoms with E-state index in [1.54, 1.807) is 6.07 Å². The first-order valence-corrected chi connectivity index (χ1v) is 12.8. The van der Waals surface area contributed by atoms with Crippen molar-refractivity contribution in [1.29, 1.82) is 0 Å². The summed E-state index contributed by atoms with van der Waals surface area (Å²) in [5.74, 6) is 0.204. The first-order valence-electron chi connectivity index (χ1n) is 12.4. The van der Waals surface area contributed by atoms with Crippen LogP contribution in [0.3, 0.4) is 0 Å². The molecule has 0 unspecified atom stereocenters. The molecule has 1 aliphatic heterocycles. The summed E-state index contributed by atoms with van der Waals surface area (Å²) in [6, 6.07) is 14.5. The summed E-state index contributed by atoms with van der Waals surface area (Å²) in [5, 5.41) is 4.55. The Morgan fingerprint density at radius 3 is 2.79 bits per heavy atom. The van der Waals surface area contributed by atoms with Crippen LogP contribution in [0.2, 0.25) is 5.02 Å². The average molecular weight is 529 g/mol. The minimum absolute atomic E-state index is 0.268. The van der Waals surface area contributed by atoms with Crippen LogP contribution in [0.15, 0.2) is 64.0 Å². The highest BCUT2D eigenvalue weighted by Crippen LogP contribution is 2.43. The van der Waals surface area contributed by atoms with E-state index in [0.29, 0.717) is 40.1 Å². The van der Waals surface area contributed by atoms with Crippen LogP contribution in [-0.2, 0) is 13.0 Å². The average Bonchev–Trinajstić information content (AvgIpc) is 3.60. The number of benzene rings is 2. The molecule has 4 heterocycles. The van der Waals surface area contributed by atoms with E-state index in [0.717, 1.165) is 52.1 Å². The van der Waals surface area contributed by atoms with Gasteiger partial charge in [-0.15, -0.1) is 0 Å². The molecule has 190 valence electrons. The molecular weight excluding hydrogens is 507 g/mol. The Morgan fingerprint density at radius 2 is 2.00 bits per heavy atom. The van der Waals surface area contributed by atoms with Crippen LogP contribution in [0.25, 0.3) is 16.8 Å². The van der Waals surface area contributed by atoms with Crippen LogP contribution in [0, 0.1) is 5.82 Å². The zero-order chi connectivity index (χ0) is 26.0. The lowest BCUT2D eigenvalue weighted by atomic mass is 9.89. The summed E-state index contributed by atoms with van der Waals surface area (Å²) in [7, 11) is 0. The maximum absolute atomic E-state index is 14.2. The molecule has 7 rings (SSSR count). The van der Waals surface area contributed by atoms with Crippen molar-refractivity contribution in [1.82, 2.24) is 19.5 Å². The fourth-order valence-corrected chi connectivity index (χ4v) is 5.45. The number of hydrogen-bond donors (Lipinski definition) is 1. The number of fused-ring (bicyclic) bond motifs is 3. The van der Waals surface area contributed by atoms with E-state index in [1.165, 1.54) is 12.1 Å². The first-order chi connectivity index (χ1) is 18.4. The molecule has 1 saturated carbocycles. The molecule has 0 saturated heterocycles. The highest BCUT2D eigenvalue weighted by Gasteiger charge is 2.30. The van der Waals surface area contributed by atoms with Gasteiger partial charge in [0.15, 0.2) is 5.82 Å². The van der Waals surface area contributed by atoms with Gasteiger partial charge in [-0.3, -0.25) is 9.51 Å². The molecule has 0 amide bonds. The molecule has 7 nitrogen and oxygen atoms in total. The van der Waals surface area contributed by atoms with Gasteiger partial charge in [0.1, 0.15) is 23.8 Å². The third kappa shape index (κ3) is 3.92. The van der Waals surface area contributed by atoms with E-state index in [-0.39, 0.29) is 12.4 Å². The van der Waals surface area contributed by atoms with Gasteiger partial charge in [0, 0.05) is 46.8 Å². The van der Waals surface area contributed by atoms with Crippen LogP contribution in [-0.4, -0.2) is 19.5 Å². The van der Waals surface area contributed by atoms with Crippen LogP contribution in [0.1, 0.15) is 65.1 Å². The van der Waals surface area contributed by atoms with Gasteiger partial charge in [-0.1, -0.05) is 35.0 Å². The number of pyridine rings is 1. The minimum atomic E-state index is -0.638. The summed E-state index contributed by atoms with van der Waals surface area (Å²) < 4.78 is 27.1. The molecule has 1 fully saturated rings. The van der Waals surface area contributed by atoms with Gasteiger partial charge in [-0.05, 0) is 60.2 Å². The maximum atomic E-state index is 14.2. The van der Waals surface area contributed by atoms with Gasteiger partial charge in [0.25, 0.3) is 0 Å². The van der Waals surface area contributed by atoms with Crippen molar-refractivity contribution in [2.24, 2.45) is 0 Å². The summed E-state index contributed by atoms with van der Waals surface area (Å²) >= 11 is 6.24. The number of allylic oxidation sites excluding steroid dienone is 1. The van der Waals surface area contributed by atoms with Crippen molar-refractivity contribution in [2.45, 2.75) is 38.7 Å². The van der Waals surface area contributed by atoms with E-state index < -0.39 is 5.76 Å². The second kappa shape index (κ2) is 8.70. The van der Waals surface area contributed by atoms with Gasteiger partial charge in [0.05, 0.1) is 11.4 Å². The van der Waals surface area contributed by atoms with Crippen molar-refractivity contribution in [3.63, 3.8) is 0 Å². The molecule has 0 radical (unpaired) electrons. The molecule has 0 atom stereocenters. The van der Waals surface area contributed by atoms with Gasteiger partial charge in [0.2, 0.25) is 0 Å². The quantitative estimate of drug-likeness (QED) is 0.303. The predicted molar refractivity (Wildman–Crippen MR) is 141 cm³/mol. The summed E-state index contributed by atoms with van der Waals surface area (Å²) in [6.45, 7) is 2.12. The van der Waals surface area contributed by atoms with Gasteiger partial charge in [-0.25, -0.2) is 14.2 Å². The van der Waals surface area contributed by atoms with Gasteiger partial charge < -0.3 is 9.14 Å². The van der Waals surface area contributed by atoms with Crippen molar-refractivity contribution in [2.75, 3.05) is 0 Å². The molecule has 0 bridgehead atoms. The van der Waals surface area contributed by atoms with Crippen molar-refractivity contribution < 1.29 is 13.7 Å². The lowest BCUT2D eigenvalue weighted by Gasteiger charge is -2.14. The second-order valence-electron chi connectivity index (χ2n) is 9.83. The van der Waals surface area contributed by atoms with E-state index in [4.69, 9.17) is 25.8 Å². The van der Waals surface area contributed by atoms with Gasteiger partial charge >= 0.3 is 5.76 Å². The third-order valence-corrected chi connectivity index (χ3v) is 7.49. The number of nitrogens with one attached hydrogen (secondary N) is 1. The molecular formula is C29H22ClFN4O3. The normalized spacial score (nSPS) is 16.1. The molecule has 2 aliphatic rings. The number of ether oxygens (including phenoxy) is 1. The Morgan fingerprint density at radius 1 is 1.16 bits per heavy atom. The molecule has 9 heteroatoms. The lowest BCUT2D eigenvalue weighted by molar-refractivity contribution is 0.305. The number of imidazole rings is 1. The molecule has 1 N–H and O–H groups in total. The number of H-pyrrole nitrogens is 1. The largest absolute Gasteiger partial charge is 0.488 e.